The molecule has 0 radical (unpaired) electrons. The first-order valence-corrected chi connectivity index (χ1v) is 7.55. The van der Waals surface area contributed by atoms with Crippen LogP contribution in [0.25, 0.3) is 0 Å². The number of alkyl halides is 1. The molecule has 0 aliphatic rings. The highest BCUT2D eigenvalue weighted by atomic mass is 79.9. The van der Waals surface area contributed by atoms with Gasteiger partial charge in [-0.25, -0.2) is 0 Å². The molecule has 0 spiro atoms. The maximum Gasteiger partial charge on any atom is 0.0230 e. The summed E-state index contributed by atoms with van der Waals surface area (Å²) >= 11 is 3.47. The van der Waals surface area contributed by atoms with Crippen LogP contribution in [0.4, 0.5) is 0 Å². The SMILES string of the molecule is Cc1cc(C)cc(CN(C)CCCCCBr)c1. The minimum atomic E-state index is 1.07. The second-order valence-electron chi connectivity index (χ2n) is 4.98. The Morgan fingerprint density at radius 2 is 1.65 bits per heavy atom. The zero-order valence-corrected chi connectivity index (χ0v) is 12.9. The van der Waals surface area contributed by atoms with Gasteiger partial charge in [0.25, 0.3) is 0 Å². The standard InChI is InChI=1S/C15H24BrN/c1-13-9-14(2)11-15(10-13)12-17(3)8-6-4-5-7-16/h9-11H,4-8,12H2,1-3H3. The molecule has 0 fully saturated rings. The molecule has 0 aliphatic carbocycles. The van der Waals surface area contributed by atoms with Crippen LogP contribution in [-0.4, -0.2) is 23.8 Å². The summed E-state index contributed by atoms with van der Waals surface area (Å²) in [5, 5.41) is 1.13. The second kappa shape index (κ2) is 7.88. The lowest BCUT2D eigenvalue weighted by Crippen LogP contribution is -2.19. The van der Waals surface area contributed by atoms with Crippen LogP contribution in [-0.2, 0) is 6.54 Å². The molecule has 1 nitrogen and oxygen atoms in total. The number of hydrogen-bond acceptors (Lipinski definition) is 1. The number of hydrogen-bond donors (Lipinski definition) is 0. The number of aryl methyl sites for hydroxylation is 2. The Kier molecular flexibility index (Phi) is 6.83. The van der Waals surface area contributed by atoms with Crippen LogP contribution in [0.1, 0.15) is 36.0 Å². The van der Waals surface area contributed by atoms with Crippen molar-refractivity contribution in [3.63, 3.8) is 0 Å². The smallest absolute Gasteiger partial charge is 0.0230 e. The Labute approximate surface area is 114 Å². The predicted octanol–water partition coefficient (Wildman–Crippen LogP) is 4.30. The number of unbranched alkanes of at least 4 members (excludes halogenated alkanes) is 2. The van der Waals surface area contributed by atoms with Crippen molar-refractivity contribution in [3.8, 4) is 0 Å². The molecule has 0 heterocycles. The van der Waals surface area contributed by atoms with Crippen LogP contribution in [0.2, 0.25) is 0 Å². The monoisotopic (exact) mass is 297 g/mol. The third-order valence-electron chi connectivity index (χ3n) is 2.91. The Morgan fingerprint density at radius 3 is 2.24 bits per heavy atom. The van der Waals surface area contributed by atoms with E-state index in [2.05, 4.69) is 59.9 Å². The zero-order valence-electron chi connectivity index (χ0n) is 11.3. The fourth-order valence-electron chi connectivity index (χ4n) is 2.20. The summed E-state index contributed by atoms with van der Waals surface area (Å²) in [6, 6.07) is 6.82. The Bertz CT molecular complexity index is 315. The molecule has 1 rings (SSSR count). The molecule has 0 amide bonds. The van der Waals surface area contributed by atoms with Gasteiger partial charge in [0.1, 0.15) is 0 Å². The topological polar surface area (TPSA) is 3.24 Å². The van der Waals surface area contributed by atoms with Crippen molar-refractivity contribution in [2.45, 2.75) is 39.7 Å². The van der Waals surface area contributed by atoms with E-state index < -0.39 is 0 Å². The van der Waals surface area contributed by atoms with Crippen molar-refractivity contribution in [3.05, 3.63) is 34.9 Å². The molecule has 2 heteroatoms. The van der Waals surface area contributed by atoms with Gasteiger partial charge >= 0.3 is 0 Å². The molecule has 0 N–H and O–H groups in total. The summed E-state index contributed by atoms with van der Waals surface area (Å²) in [5.41, 5.74) is 4.17. The summed E-state index contributed by atoms with van der Waals surface area (Å²) in [7, 11) is 2.21. The lowest BCUT2D eigenvalue weighted by Gasteiger charge is -2.17. The van der Waals surface area contributed by atoms with Crippen LogP contribution in [0, 0.1) is 13.8 Å². The van der Waals surface area contributed by atoms with Gasteiger partial charge in [0.05, 0.1) is 0 Å². The van der Waals surface area contributed by atoms with Gasteiger partial charge in [-0.15, -0.1) is 0 Å². The summed E-state index contributed by atoms with van der Waals surface area (Å²) in [6.07, 6.45) is 3.91. The molecule has 0 aliphatic heterocycles. The van der Waals surface area contributed by atoms with Crippen molar-refractivity contribution in [1.29, 1.82) is 0 Å². The van der Waals surface area contributed by atoms with Crippen LogP contribution in [0.5, 0.6) is 0 Å². The van der Waals surface area contributed by atoms with Gasteiger partial charge in [-0.05, 0) is 45.8 Å². The summed E-state index contributed by atoms with van der Waals surface area (Å²) in [4.78, 5) is 2.42. The number of halogens is 1. The fraction of sp³-hybridized carbons (Fsp3) is 0.600. The average molecular weight is 298 g/mol. The molecule has 0 atom stereocenters. The van der Waals surface area contributed by atoms with Gasteiger partial charge in [-0.2, -0.15) is 0 Å². The molecule has 0 saturated heterocycles. The van der Waals surface area contributed by atoms with E-state index in [1.165, 1.54) is 42.5 Å². The molecule has 17 heavy (non-hydrogen) atoms. The molecule has 0 unspecified atom stereocenters. The van der Waals surface area contributed by atoms with Gasteiger partial charge in [0.15, 0.2) is 0 Å². The summed E-state index contributed by atoms with van der Waals surface area (Å²) in [5.74, 6) is 0. The Morgan fingerprint density at radius 1 is 1.00 bits per heavy atom. The number of nitrogens with zero attached hydrogens (tertiary/aromatic N) is 1. The van der Waals surface area contributed by atoms with E-state index in [9.17, 15) is 0 Å². The van der Waals surface area contributed by atoms with Crippen molar-refractivity contribution < 1.29 is 0 Å². The van der Waals surface area contributed by atoms with E-state index in [-0.39, 0.29) is 0 Å². The molecular weight excluding hydrogens is 274 g/mol. The predicted molar refractivity (Wildman–Crippen MR) is 79.9 cm³/mol. The molecular formula is C15H24BrN. The van der Waals surface area contributed by atoms with Crippen molar-refractivity contribution >= 4 is 15.9 Å². The van der Waals surface area contributed by atoms with E-state index >= 15 is 0 Å². The van der Waals surface area contributed by atoms with Crippen LogP contribution >= 0.6 is 15.9 Å². The first-order valence-electron chi connectivity index (χ1n) is 6.43. The molecule has 1 aromatic carbocycles. The lowest BCUT2D eigenvalue weighted by atomic mass is 10.1. The summed E-state index contributed by atoms with van der Waals surface area (Å²) in [6.45, 7) is 6.61. The van der Waals surface area contributed by atoms with E-state index in [4.69, 9.17) is 0 Å². The molecule has 96 valence electrons. The van der Waals surface area contributed by atoms with E-state index in [0.29, 0.717) is 0 Å². The second-order valence-corrected chi connectivity index (χ2v) is 5.78. The first kappa shape index (κ1) is 14.7. The maximum atomic E-state index is 3.47. The highest BCUT2D eigenvalue weighted by Crippen LogP contribution is 2.11. The van der Waals surface area contributed by atoms with Crippen molar-refractivity contribution in [2.75, 3.05) is 18.9 Å². The summed E-state index contributed by atoms with van der Waals surface area (Å²) < 4.78 is 0. The molecule has 0 saturated carbocycles. The van der Waals surface area contributed by atoms with Gasteiger partial charge in [-0.3, -0.25) is 0 Å². The van der Waals surface area contributed by atoms with E-state index in [1.54, 1.807) is 0 Å². The average Bonchev–Trinajstić information content (AvgIpc) is 2.23. The molecule has 0 bridgehead atoms. The Balaban J connectivity index is 2.36. The Hall–Kier alpha value is -0.340. The van der Waals surface area contributed by atoms with Gasteiger partial charge in [-0.1, -0.05) is 51.7 Å². The zero-order chi connectivity index (χ0) is 12.7. The quantitative estimate of drug-likeness (QED) is 0.536. The minimum absolute atomic E-state index is 1.07. The largest absolute Gasteiger partial charge is 0.302 e. The van der Waals surface area contributed by atoms with Crippen molar-refractivity contribution in [1.82, 2.24) is 4.90 Å². The first-order chi connectivity index (χ1) is 8.11. The van der Waals surface area contributed by atoms with Gasteiger partial charge < -0.3 is 4.90 Å². The van der Waals surface area contributed by atoms with E-state index in [0.717, 1.165) is 11.9 Å². The molecule has 0 aromatic heterocycles. The normalized spacial score (nSPS) is 11.1. The van der Waals surface area contributed by atoms with Crippen molar-refractivity contribution in [2.24, 2.45) is 0 Å². The van der Waals surface area contributed by atoms with Crippen LogP contribution < -0.4 is 0 Å². The fourth-order valence-corrected chi connectivity index (χ4v) is 2.60. The highest BCUT2D eigenvalue weighted by molar-refractivity contribution is 9.09. The highest BCUT2D eigenvalue weighted by Gasteiger charge is 2.01. The molecule has 1 aromatic rings. The third kappa shape index (κ3) is 6.23. The lowest BCUT2D eigenvalue weighted by molar-refractivity contribution is 0.318. The third-order valence-corrected chi connectivity index (χ3v) is 3.47. The minimum Gasteiger partial charge on any atom is -0.302 e. The van der Waals surface area contributed by atoms with Crippen LogP contribution in [0.3, 0.4) is 0 Å². The number of benzene rings is 1. The van der Waals surface area contributed by atoms with E-state index in [1.807, 2.05) is 0 Å². The van der Waals surface area contributed by atoms with Gasteiger partial charge in [0, 0.05) is 11.9 Å². The number of rotatable bonds is 7. The van der Waals surface area contributed by atoms with Gasteiger partial charge in [0.2, 0.25) is 0 Å². The maximum absolute atomic E-state index is 3.47. The van der Waals surface area contributed by atoms with Crippen LogP contribution in [0.15, 0.2) is 18.2 Å².